The molecule has 0 saturated heterocycles. The molecule has 0 radical (unpaired) electrons. The van der Waals surface area contributed by atoms with Crippen molar-refractivity contribution in [3.63, 3.8) is 0 Å². The lowest BCUT2D eigenvalue weighted by Crippen LogP contribution is -2.13. The second-order valence-electron chi connectivity index (χ2n) is 3.95. The molecule has 0 amide bonds. The molecule has 2 rings (SSSR count). The lowest BCUT2D eigenvalue weighted by molar-refractivity contribution is 0.104. The van der Waals surface area contributed by atoms with Crippen molar-refractivity contribution in [2.45, 2.75) is 0 Å². The predicted octanol–water partition coefficient (Wildman–Crippen LogP) is 1.25. The summed E-state index contributed by atoms with van der Waals surface area (Å²) in [5.41, 5.74) is 24.5. The Kier molecular flexibility index (Phi) is 2.81. The first kappa shape index (κ1) is 11.8. The van der Waals surface area contributed by atoms with E-state index in [2.05, 4.69) is 0 Å². The number of ketones is 1. The van der Waals surface area contributed by atoms with Crippen molar-refractivity contribution in [2.75, 3.05) is 22.9 Å². The minimum Gasteiger partial charge on any atom is -0.397 e. The average Bonchev–Trinajstić information content (AvgIpc) is 2.37. The molecule has 0 atom stereocenters. The van der Waals surface area contributed by atoms with Gasteiger partial charge >= 0.3 is 0 Å². The Balaban J connectivity index is 2.62. The average molecular weight is 242 g/mol. The summed E-state index contributed by atoms with van der Waals surface area (Å²) in [4.78, 5) is 12.3. The van der Waals surface area contributed by atoms with Crippen molar-refractivity contribution in [1.29, 1.82) is 0 Å². The Morgan fingerprint density at radius 1 is 0.833 bits per heavy atom. The van der Waals surface area contributed by atoms with Crippen LogP contribution < -0.4 is 22.9 Å². The highest BCUT2D eigenvalue weighted by atomic mass is 16.1. The third-order valence-corrected chi connectivity index (χ3v) is 2.73. The molecule has 0 aliphatic heterocycles. The summed E-state index contributed by atoms with van der Waals surface area (Å²) in [6.45, 7) is 0. The summed E-state index contributed by atoms with van der Waals surface area (Å²) in [5.74, 6) is -0.287. The molecule has 0 bridgehead atoms. The van der Waals surface area contributed by atoms with Gasteiger partial charge in [-0.1, -0.05) is 30.3 Å². The van der Waals surface area contributed by atoms with Gasteiger partial charge in [-0.05, 0) is 6.07 Å². The summed E-state index contributed by atoms with van der Waals surface area (Å²) < 4.78 is 0. The van der Waals surface area contributed by atoms with Crippen LogP contribution in [0.3, 0.4) is 0 Å². The lowest BCUT2D eigenvalue weighted by atomic mass is 9.98. The van der Waals surface area contributed by atoms with Gasteiger partial charge in [-0.25, -0.2) is 0 Å². The third kappa shape index (κ3) is 1.82. The van der Waals surface area contributed by atoms with Crippen LogP contribution in [0.5, 0.6) is 0 Å². The van der Waals surface area contributed by atoms with Gasteiger partial charge in [0.15, 0.2) is 5.78 Å². The highest BCUT2D eigenvalue weighted by Crippen LogP contribution is 2.33. The van der Waals surface area contributed by atoms with E-state index in [0.29, 0.717) is 5.56 Å². The van der Waals surface area contributed by atoms with Crippen molar-refractivity contribution < 1.29 is 4.79 Å². The monoisotopic (exact) mass is 242 g/mol. The molecule has 2 aromatic carbocycles. The quantitative estimate of drug-likeness (QED) is 0.466. The third-order valence-electron chi connectivity index (χ3n) is 2.73. The molecule has 0 aliphatic rings. The molecular weight excluding hydrogens is 228 g/mol. The number of carbonyl (C=O) groups is 1. The van der Waals surface area contributed by atoms with E-state index < -0.39 is 0 Å². The maximum absolute atomic E-state index is 12.3. The zero-order chi connectivity index (χ0) is 13.3. The number of benzene rings is 2. The smallest absolute Gasteiger partial charge is 0.197 e. The molecule has 0 aliphatic carbocycles. The summed E-state index contributed by atoms with van der Waals surface area (Å²) >= 11 is 0. The van der Waals surface area contributed by atoms with Crippen molar-refractivity contribution in [2.24, 2.45) is 0 Å². The number of carbonyl (C=O) groups excluding carboxylic acids is 1. The first-order valence-electron chi connectivity index (χ1n) is 5.35. The maximum Gasteiger partial charge on any atom is 0.197 e. The standard InChI is InChI=1S/C13H14N4O/c14-8-6-9(15)12(17)10(11(8)16)13(18)7-4-2-1-3-5-7/h1-6H,14-17H2. The van der Waals surface area contributed by atoms with Gasteiger partial charge in [0.05, 0.1) is 28.3 Å². The fraction of sp³-hybridized carbons (Fsp3) is 0. The number of anilines is 4. The molecule has 8 N–H and O–H groups in total. The number of hydrogen-bond donors (Lipinski definition) is 4. The van der Waals surface area contributed by atoms with Crippen LogP contribution in [0.1, 0.15) is 15.9 Å². The molecule has 0 spiro atoms. The second kappa shape index (κ2) is 4.29. The summed E-state index contributed by atoms with van der Waals surface area (Å²) in [7, 11) is 0. The van der Waals surface area contributed by atoms with Gasteiger partial charge < -0.3 is 22.9 Å². The Morgan fingerprint density at radius 3 is 1.83 bits per heavy atom. The minimum absolute atomic E-state index is 0.163. The molecular formula is C13H14N4O. The molecule has 18 heavy (non-hydrogen) atoms. The molecule has 0 unspecified atom stereocenters. The Morgan fingerprint density at radius 2 is 1.33 bits per heavy atom. The second-order valence-corrected chi connectivity index (χ2v) is 3.95. The van der Waals surface area contributed by atoms with Crippen LogP contribution in [0.2, 0.25) is 0 Å². The number of nitrogens with two attached hydrogens (primary N) is 4. The zero-order valence-electron chi connectivity index (χ0n) is 9.68. The van der Waals surface area contributed by atoms with E-state index in [1.807, 2.05) is 6.07 Å². The SMILES string of the molecule is Nc1cc(N)c(N)c(C(=O)c2ccccc2)c1N. The van der Waals surface area contributed by atoms with Gasteiger partial charge in [0, 0.05) is 5.56 Å². The van der Waals surface area contributed by atoms with Gasteiger partial charge in [0.1, 0.15) is 0 Å². The van der Waals surface area contributed by atoms with Gasteiger partial charge in [-0.3, -0.25) is 4.79 Å². The normalized spacial score (nSPS) is 10.2. The Labute approximate surface area is 104 Å². The summed E-state index contributed by atoms with van der Waals surface area (Å²) in [5, 5.41) is 0. The summed E-state index contributed by atoms with van der Waals surface area (Å²) in [6.07, 6.45) is 0. The maximum atomic E-state index is 12.3. The van der Waals surface area contributed by atoms with E-state index in [1.165, 1.54) is 6.07 Å². The van der Waals surface area contributed by atoms with E-state index >= 15 is 0 Å². The Hall–Kier alpha value is -2.69. The fourth-order valence-corrected chi connectivity index (χ4v) is 1.74. The largest absolute Gasteiger partial charge is 0.397 e. The Bertz CT molecular complexity index is 582. The van der Waals surface area contributed by atoms with Crippen molar-refractivity contribution in [3.05, 3.63) is 47.5 Å². The molecule has 0 saturated carbocycles. The number of nitrogen functional groups attached to an aromatic ring is 4. The minimum atomic E-state index is -0.287. The van der Waals surface area contributed by atoms with Crippen LogP contribution in [0.15, 0.2) is 36.4 Å². The van der Waals surface area contributed by atoms with E-state index in [4.69, 9.17) is 22.9 Å². The van der Waals surface area contributed by atoms with E-state index in [9.17, 15) is 4.79 Å². The molecule has 0 aromatic heterocycles. The summed E-state index contributed by atoms with van der Waals surface area (Å²) in [6, 6.07) is 10.1. The van der Waals surface area contributed by atoms with Crippen LogP contribution in [0.25, 0.3) is 0 Å². The van der Waals surface area contributed by atoms with Gasteiger partial charge in [-0.15, -0.1) is 0 Å². The van der Waals surface area contributed by atoms with Crippen molar-refractivity contribution in [1.82, 2.24) is 0 Å². The lowest BCUT2D eigenvalue weighted by Gasteiger charge is -2.13. The van der Waals surface area contributed by atoms with Gasteiger partial charge in [0.25, 0.3) is 0 Å². The molecule has 2 aromatic rings. The van der Waals surface area contributed by atoms with E-state index in [-0.39, 0.29) is 34.1 Å². The molecule has 5 heteroatoms. The van der Waals surface area contributed by atoms with E-state index in [1.54, 1.807) is 24.3 Å². The van der Waals surface area contributed by atoms with Crippen LogP contribution in [-0.4, -0.2) is 5.78 Å². The molecule has 0 fully saturated rings. The van der Waals surface area contributed by atoms with Crippen LogP contribution >= 0.6 is 0 Å². The van der Waals surface area contributed by atoms with Crippen molar-refractivity contribution in [3.8, 4) is 0 Å². The van der Waals surface area contributed by atoms with Gasteiger partial charge in [-0.2, -0.15) is 0 Å². The highest BCUT2D eigenvalue weighted by molar-refractivity contribution is 6.18. The molecule has 5 nitrogen and oxygen atoms in total. The van der Waals surface area contributed by atoms with Crippen molar-refractivity contribution >= 4 is 28.5 Å². The highest BCUT2D eigenvalue weighted by Gasteiger charge is 2.19. The fourth-order valence-electron chi connectivity index (χ4n) is 1.74. The van der Waals surface area contributed by atoms with Gasteiger partial charge in [0.2, 0.25) is 0 Å². The van der Waals surface area contributed by atoms with E-state index in [0.717, 1.165) is 0 Å². The molecule has 92 valence electrons. The first-order valence-corrected chi connectivity index (χ1v) is 5.35. The molecule has 0 heterocycles. The number of hydrogen-bond acceptors (Lipinski definition) is 5. The predicted molar refractivity (Wildman–Crippen MR) is 74.0 cm³/mol. The van der Waals surface area contributed by atoms with Crippen LogP contribution in [0, 0.1) is 0 Å². The topological polar surface area (TPSA) is 121 Å². The van der Waals surface area contributed by atoms with Crippen LogP contribution in [-0.2, 0) is 0 Å². The first-order chi connectivity index (χ1) is 8.52. The number of rotatable bonds is 2. The van der Waals surface area contributed by atoms with Crippen LogP contribution in [0.4, 0.5) is 22.7 Å². The zero-order valence-corrected chi connectivity index (χ0v) is 9.68.